The van der Waals surface area contributed by atoms with E-state index >= 15 is 0 Å². The molecule has 36 valence electrons. The van der Waals surface area contributed by atoms with Crippen molar-refractivity contribution < 1.29 is 13.2 Å². The van der Waals surface area contributed by atoms with E-state index in [9.17, 15) is 13.2 Å². The van der Waals surface area contributed by atoms with Crippen molar-refractivity contribution in [1.82, 2.24) is 0 Å². The highest BCUT2D eigenvalue weighted by Crippen LogP contribution is 2.27. The molecule has 0 amide bonds. The van der Waals surface area contributed by atoms with Gasteiger partial charge in [0.25, 0.3) is 0 Å². The SMILES string of the molecule is FC(F)(F)P=S. The average Bonchev–Trinajstić information content (AvgIpc) is 1.35. The van der Waals surface area contributed by atoms with Gasteiger partial charge >= 0.3 is 5.92 Å². The topological polar surface area (TPSA) is 0 Å². The van der Waals surface area contributed by atoms with Crippen LogP contribution in [0.5, 0.6) is 0 Å². The molecular formula is CF3PS. The lowest BCUT2D eigenvalue weighted by Crippen LogP contribution is -1.90. The van der Waals surface area contributed by atoms with Gasteiger partial charge in [-0.25, -0.2) is 0 Å². The van der Waals surface area contributed by atoms with E-state index in [2.05, 4.69) is 11.8 Å². The Morgan fingerprint density at radius 3 is 1.50 bits per heavy atom. The van der Waals surface area contributed by atoms with Crippen molar-refractivity contribution >= 4 is 19.2 Å². The summed E-state index contributed by atoms with van der Waals surface area (Å²) in [7, 11) is -0.942. The molecule has 0 fully saturated rings. The predicted molar refractivity (Wildman–Crippen MR) is 20.3 cm³/mol. The van der Waals surface area contributed by atoms with Gasteiger partial charge in [-0.15, -0.1) is 0 Å². The lowest BCUT2D eigenvalue weighted by atomic mass is 11.6. The fourth-order valence-electron chi connectivity index (χ4n) is 0. The number of hydrogen-bond donors (Lipinski definition) is 0. The first-order valence-corrected chi connectivity index (χ1v) is 2.88. The summed E-state index contributed by atoms with van der Waals surface area (Å²) in [6.45, 7) is 0. The minimum atomic E-state index is -4.17. The third kappa shape index (κ3) is 4.31. The Labute approximate surface area is 39.2 Å². The Bertz CT molecular complexity index is 56.3. The molecule has 0 rings (SSSR count). The van der Waals surface area contributed by atoms with Crippen LogP contribution in [0.3, 0.4) is 0 Å². The molecular weight excluding hydrogens is 132 g/mol. The Morgan fingerprint density at radius 2 is 1.50 bits per heavy atom. The molecule has 0 saturated carbocycles. The maximum atomic E-state index is 10.7. The zero-order valence-corrected chi connectivity index (χ0v) is 4.20. The van der Waals surface area contributed by atoms with Crippen molar-refractivity contribution in [2.75, 3.05) is 0 Å². The van der Waals surface area contributed by atoms with Crippen LogP contribution in [-0.4, -0.2) is 5.92 Å². The van der Waals surface area contributed by atoms with Crippen LogP contribution in [0.4, 0.5) is 13.2 Å². The van der Waals surface area contributed by atoms with Crippen molar-refractivity contribution in [1.29, 1.82) is 0 Å². The molecule has 0 aliphatic heterocycles. The summed E-state index contributed by atoms with van der Waals surface area (Å²) in [5.41, 5.74) is 0. The molecule has 0 aromatic heterocycles. The van der Waals surface area contributed by atoms with Gasteiger partial charge in [-0.3, -0.25) is 0 Å². The van der Waals surface area contributed by atoms with E-state index < -0.39 is 13.3 Å². The molecule has 5 heteroatoms. The van der Waals surface area contributed by atoms with E-state index in [0.29, 0.717) is 0 Å². The fraction of sp³-hybridized carbons (Fsp3) is 1.00. The van der Waals surface area contributed by atoms with E-state index in [-0.39, 0.29) is 0 Å². The number of hydrogen-bond acceptors (Lipinski definition) is 1. The summed E-state index contributed by atoms with van der Waals surface area (Å²) < 4.78 is 32.0. The van der Waals surface area contributed by atoms with Crippen LogP contribution in [0.1, 0.15) is 0 Å². The quantitative estimate of drug-likeness (QED) is 0.453. The molecule has 0 aromatic rings. The maximum absolute atomic E-state index is 10.7. The summed E-state index contributed by atoms with van der Waals surface area (Å²) in [5, 5.41) is 0. The van der Waals surface area contributed by atoms with E-state index in [1.807, 2.05) is 0 Å². The summed E-state index contributed by atoms with van der Waals surface area (Å²) in [6, 6.07) is 0. The Morgan fingerprint density at radius 1 is 1.33 bits per heavy atom. The number of rotatable bonds is 0. The van der Waals surface area contributed by atoms with Gasteiger partial charge in [0.15, 0.2) is 0 Å². The molecule has 6 heavy (non-hydrogen) atoms. The highest BCUT2D eigenvalue weighted by atomic mass is 32.4. The first-order chi connectivity index (χ1) is 2.56. The van der Waals surface area contributed by atoms with Crippen LogP contribution in [0, 0.1) is 0 Å². The molecule has 0 nitrogen and oxygen atoms in total. The van der Waals surface area contributed by atoms with E-state index in [1.165, 1.54) is 0 Å². The Kier molecular flexibility index (Phi) is 1.94. The van der Waals surface area contributed by atoms with Crippen LogP contribution in [-0.2, 0) is 11.8 Å². The van der Waals surface area contributed by atoms with Gasteiger partial charge < -0.3 is 0 Å². The molecule has 0 N–H and O–H groups in total. The number of halogens is 3. The zero-order chi connectivity index (χ0) is 5.21. The monoisotopic (exact) mass is 132 g/mol. The second-order valence-electron chi connectivity index (χ2n) is 0.559. The van der Waals surface area contributed by atoms with Gasteiger partial charge in [0.1, 0.15) is 0 Å². The lowest BCUT2D eigenvalue weighted by Gasteiger charge is -1.88. The molecule has 0 bridgehead atoms. The van der Waals surface area contributed by atoms with Crippen molar-refractivity contribution in [2.45, 2.75) is 5.92 Å². The molecule has 0 saturated heterocycles. The smallest absolute Gasteiger partial charge is 0.162 e. The fourth-order valence-corrected chi connectivity index (χ4v) is 0. The zero-order valence-electron chi connectivity index (χ0n) is 2.49. The normalized spacial score (nSPS) is 12.5. The summed E-state index contributed by atoms with van der Waals surface area (Å²) in [4.78, 5) is 0. The summed E-state index contributed by atoms with van der Waals surface area (Å²) in [5.74, 6) is -4.17. The first-order valence-electron chi connectivity index (χ1n) is 0.973. The van der Waals surface area contributed by atoms with E-state index in [0.717, 1.165) is 0 Å². The van der Waals surface area contributed by atoms with Crippen LogP contribution >= 0.6 is 7.36 Å². The number of alkyl halides is 3. The second-order valence-corrected chi connectivity index (χ2v) is 1.80. The molecule has 0 atom stereocenters. The maximum Gasteiger partial charge on any atom is 0.442 e. The van der Waals surface area contributed by atoms with Crippen molar-refractivity contribution in [2.24, 2.45) is 0 Å². The van der Waals surface area contributed by atoms with E-state index in [1.54, 1.807) is 0 Å². The van der Waals surface area contributed by atoms with Crippen molar-refractivity contribution in [3.05, 3.63) is 0 Å². The molecule has 0 aliphatic carbocycles. The molecule has 0 spiro atoms. The van der Waals surface area contributed by atoms with Gasteiger partial charge in [-0.05, 0) is 11.8 Å². The third-order valence-electron chi connectivity index (χ3n) is 0.104. The second kappa shape index (κ2) is 1.85. The Balaban J connectivity index is 3.45. The van der Waals surface area contributed by atoms with Gasteiger partial charge in [-0.2, -0.15) is 13.2 Å². The molecule has 0 aliphatic rings. The minimum Gasteiger partial charge on any atom is -0.162 e. The van der Waals surface area contributed by atoms with Crippen LogP contribution < -0.4 is 0 Å². The molecule has 0 heterocycles. The summed E-state index contributed by atoms with van der Waals surface area (Å²) >= 11 is 3.64. The minimum absolute atomic E-state index is 0.942. The largest absolute Gasteiger partial charge is 0.442 e. The van der Waals surface area contributed by atoms with Gasteiger partial charge in [0.05, 0.1) is 7.36 Å². The molecule has 0 unspecified atom stereocenters. The van der Waals surface area contributed by atoms with Gasteiger partial charge in [-0.1, -0.05) is 0 Å². The van der Waals surface area contributed by atoms with Crippen molar-refractivity contribution in [3.63, 3.8) is 0 Å². The average molecular weight is 132 g/mol. The summed E-state index contributed by atoms with van der Waals surface area (Å²) in [6.07, 6.45) is 0. The van der Waals surface area contributed by atoms with Crippen molar-refractivity contribution in [3.8, 4) is 0 Å². The Hall–Kier alpha value is 0.310. The molecule has 0 aromatic carbocycles. The first kappa shape index (κ1) is 6.31. The highest BCUT2D eigenvalue weighted by molar-refractivity contribution is 7.96. The lowest BCUT2D eigenvalue weighted by molar-refractivity contribution is -0.0346. The van der Waals surface area contributed by atoms with Gasteiger partial charge in [0.2, 0.25) is 0 Å². The van der Waals surface area contributed by atoms with Crippen LogP contribution in [0.25, 0.3) is 0 Å². The third-order valence-corrected chi connectivity index (χ3v) is 0.932. The van der Waals surface area contributed by atoms with Gasteiger partial charge in [0, 0.05) is 0 Å². The standard InChI is InChI=1S/CF3PS/c2-1(3,4)5-6. The van der Waals surface area contributed by atoms with E-state index in [4.69, 9.17) is 0 Å². The van der Waals surface area contributed by atoms with Crippen LogP contribution in [0.15, 0.2) is 0 Å². The predicted octanol–water partition coefficient (Wildman–Crippen LogP) is 1.91. The molecule has 0 radical (unpaired) electrons. The highest BCUT2D eigenvalue weighted by Gasteiger charge is 2.22. The van der Waals surface area contributed by atoms with Crippen LogP contribution in [0.2, 0.25) is 0 Å².